The Morgan fingerprint density at radius 2 is 1.25 bits per heavy atom. The highest BCUT2D eigenvalue weighted by Crippen LogP contribution is 2.53. The molecule has 0 aliphatic carbocycles. The third kappa shape index (κ3) is 7.94. The molecule has 4 aromatic rings. The largest absolute Gasteiger partial charge is 0.508 e. The zero-order chi connectivity index (χ0) is 37.9. The van der Waals surface area contributed by atoms with Crippen LogP contribution in [0, 0.1) is 6.92 Å². The molecule has 8 N–H and O–H groups in total. The first-order valence-corrected chi connectivity index (χ1v) is 15.5. The van der Waals surface area contributed by atoms with Crippen LogP contribution in [0.25, 0.3) is 6.08 Å². The number of fused-ring (bicyclic) bond motifs is 1. The third-order valence-electron chi connectivity index (χ3n) is 8.26. The van der Waals surface area contributed by atoms with Gasteiger partial charge in [-0.05, 0) is 77.2 Å². The van der Waals surface area contributed by atoms with E-state index in [1.54, 1.807) is 6.92 Å². The molecule has 1 heterocycles. The second-order valence-electron chi connectivity index (χ2n) is 11.9. The SMILES string of the molecule is Cc1cc(C[C@@H](OC(=O)[C@H]2c3c(/C=C/C(=O)O[C@H](Cc4ccc(O)c(O)c4)C(=O)O)ccc(O)c3O[C@@H]2c2ccc(O)c(O)c2)C(=O)O)ccc1O. The van der Waals surface area contributed by atoms with Gasteiger partial charge in [0.2, 0.25) is 12.2 Å². The zero-order valence-corrected chi connectivity index (χ0v) is 27.2. The van der Waals surface area contributed by atoms with E-state index in [9.17, 15) is 60.0 Å². The van der Waals surface area contributed by atoms with Crippen molar-refractivity contribution in [2.24, 2.45) is 0 Å². The van der Waals surface area contributed by atoms with Crippen LogP contribution in [0.5, 0.6) is 40.2 Å². The van der Waals surface area contributed by atoms with Gasteiger partial charge < -0.3 is 55.1 Å². The van der Waals surface area contributed by atoms with Crippen LogP contribution in [-0.4, -0.2) is 76.9 Å². The fourth-order valence-electron chi connectivity index (χ4n) is 5.64. The van der Waals surface area contributed by atoms with Crippen LogP contribution in [0.1, 0.15) is 45.4 Å². The van der Waals surface area contributed by atoms with Gasteiger partial charge >= 0.3 is 23.9 Å². The molecule has 15 heteroatoms. The number of benzene rings is 4. The van der Waals surface area contributed by atoms with Crippen molar-refractivity contribution in [3.63, 3.8) is 0 Å². The van der Waals surface area contributed by atoms with E-state index in [1.165, 1.54) is 42.5 Å². The number of carboxylic acid groups (broad SMARTS) is 2. The van der Waals surface area contributed by atoms with Gasteiger partial charge in [0.1, 0.15) is 17.8 Å². The van der Waals surface area contributed by atoms with E-state index in [2.05, 4.69) is 0 Å². The Kier molecular flexibility index (Phi) is 10.4. The summed E-state index contributed by atoms with van der Waals surface area (Å²) >= 11 is 0. The Morgan fingerprint density at radius 1 is 0.692 bits per heavy atom. The summed E-state index contributed by atoms with van der Waals surface area (Å²) in [5, 5.41) is 79.6. The van der Waals surface area contributed by atoms with Gasteiger partial charge in [-0.1, -0.05) is 30.3 Å². The molecule has 0 radical (unpaired) electrons. The fourth-order valence-corrected chi connectivity index (χ4v) is 5.64. The molecule has 270 valence electrons. The topological polar surface area (TPSA) is 258 Å². The molecule has 0 bridgehead atoms. The van der Waals surface area contributed by atoms with Crippen molar-refractivity contribution in [3.05, 3.63) is 106 Å². The number of hydrogen-bond donors (Lipinski definition) is 8. The van der Waals surface area contributed by atoms with Gasteiger partial charge in [0.15, 0.2) is 34.5 Å². The highest BCUT2D eigenvalue weighted by Gasteiger charge is 2.46. The van der Waals surface area contributed by atoms with E-state index in [0.29, 0.717) is 11.1 Å². The van der Waals surface area contributed by atoms with E-state index in [-0.39, 0.29) is 46.6 Å². The number of aromatic hydroxyl groups is 6. The first-order valence-electron chi connectivity index (χ1n) is 15.5. The first-order chi connectivity index (χ1) is 24.6. The maximum atomic E-state index is 14.0. The number of carboxylic acids is 2. The molecule has 1 aliphatic heterocycles. The molecular formula is C37H32O15. The number of rotatable bonds is 12. The van der Waals surface area contributed by atoms with Crippen molar-refractivity contribution in [1.82, 2.24) is 0 Å². The minimum Gasteiger partial charge on any atom is -0.508 e. The smallest absolute Gasteiger partial charge is 0.345 e. The quantitative estimate of drug-likeness (QED) is 0.0587. The number of ether oxygens (including phenoxy) is 3. The van der Waals surface area contributed by atoms with Gasteiger partial charge in [0.05, 0.1) is 0 Å². The van der Waals surface area contributed by atoms with Crippen LogP contribution in [-0.2, 0) is 41.5 Å². The Bertz CT molecular complexity index is 2090. The molecule has 0 aromatic heterocycles. The summed E-state index contributed by atoms with van der Waals surface area (Å²) in [6, 6.07) is 14.0. The molecule has 5 rings (SSSR count). The molecule has 15 nitrogen and oxygen atoms in total. The predicted molar refractivity (Wildman–Crippen MR) is 178 cm³/mol. The highest BCUT2D eigenvalue weighted by molar-refractivity contribution is 5.92. The number of carbonyl (C=O) groups is 4. The minimum atomic E-state index is -1.73. The number of phenols is 6. The van der Waals surface area contributed by atoms with E-state index < -0.39 is 76.9 Å². The molecule has 4 atom stereocenters. The summed E-state index contributed by atoms with van der Waals surface area (Å²) in [5.41, 5.74) is 1.27. The highest BCUT2D eigenvalue weighted by atomic mass is 16.6. The maximum absolute atomic E-state index is 14.0. The summed E-state index contributed by atoms with van der Waals surface area (Å²) in [5.74, 6) is -9.51. The molecular weight excluding hydrogens is 684 g/mol. The molecule has 1 aliphatic rings. The molecule has 0 fully saturated rings. The number of aryl methyl sites for hydroxylation is 1. The lowest BCUT2D eigenvalue weighted by Crippen LogP contribution is -2.33. The summed E-state index contributed by atoms with van der Waals surface area (Å²) in [7, 11) is 0. The number of hydrogen-bond acceptors (Lipinski definition) is 13. The number of carbonyl (C=O) groups excluding carboxylic acids is 2. The number of phenolic OH excluding ortho intramolecular Hbond substituents is 6. The van der Waals surface area contributed by atoms with E-state index in [4.69, 9.17) is 14.2 Å². The van der Waals surface area contributed by atoms with Crippen LogP contribution in [0.2, 0.25) is 0 Å². The summed E-state index contributed by atoms with van der Waals surface area (Å²) in [4.78, 5) is 51.0. The van der Waals surface area contributed by atoms with E-state index >= 15 is 0 Å². The predicted octanol–water partition coefficient (Wildman–Crippen LogP) is 3.94. The lowest BCUT2D eigenvalue weighted by Gasteiger charge is -2.22. The maximum Gasteiger partial charge on any atom is 0.345 e. The molecule has 0 unspecified atom stereocenters. The summed E-state index contributed by atoms with van der Waals surface area (Å²) < 4.78 is 16.6. The molecule has 0 saturated heterocycles. The normalized spacial score (nSPS) is 16.0. The van der Waals surface area contributed by atoms with E-state index in [1.807, 2.05) is 0 Å². The van der Waals surface area contributed by atoms with Gasteiger partial charge in [-0.15, -0.1) is 0 Å². The van der Waals surface area contributed by atoms with Crippen molar-refractivity contribution < 1.29 is 74.2 Å². The third-order valence-corrected chi connectivity index (χ3v) is 8.26. The zero-order valence-electron chi connectivity index (χ0n) is 27.2. The van der Waals surface area contributed by atoms with Gasteiger partial charge in [0, 0.05) is 24.5 Å². The molecule has 0 amide bonds. The number of esters is 2. The van der Waals surface area contributed by atoms with Crippen LogP contribution >= 0.6 is 0 Å². The molecule has 0 spiro atoms. The van der Waals surface area contributed by atoms with Gasteiger partial charge in [-0.25, -0.2) is 14.4 Å². The summed E-state index contributed by atoms with van der Waals surface area (Å²) in [6.07, 6.45) is -3.45. The first kappa shape index (κ1) is 36.4. The van der Waals surface area contributed by atoms with Gasteiger partial charge in [-0.3, -0.25) is 4.79 Å². The van der Waals surface area contributed by atoms with E-state index in [0.717, 1.165) is 36.4 Å². The van der Waals surface area contributed by atoms with Crippen molar-refractivity contribution >= 4 is 30.0 Å². The van der Waals surface area contributed by atoms with Crippen molar-refractivity contribution in [2.45, 2.75) is 44.0 Å². The molecule has 0 saturated carbocycles. The Morgan fingerprint density at radius 3 is 1.85 bits per heavy atom. The fraction of sp³-hybridized carbons (Fsp3) is 0.189. The Balaban J connectivity index is 1.47. The second kappa shape index (κ2) is 14.9. The van der Waals surface area contributed by atoms with Crippen molar-refractivity contribution in [3.8, 4) is 40.2 Å². The summed E-state index contributed by atoms with van der Waals surface area (Å²) in [6.45, 7) is 1.60. The van der Waals surface area contributed by atoms with Crippen molar-refractivity contribution in [1.29, 1.82) is 0 Å². The van der Waals surface area contributed by atoms with Crippen LogP contribution in [0.4, 0.5) is 0 Å². The van der Waals surface area contributed by atoms with Gasteiger partial charge in [-0.2, -0.15) is 0 Å². The Hall–Kier alpha value is -6.90. The molecule has 4 aromatic carbocycles. The van der Waals surface area contributed by atoms with Crippen LogP contribution in [0.15, 0.2) is 72.8 Å². The standard InChI is InChI=1S/C37H32O15/c1-17-12-18(2-7-22(17)38)14-29(36(47)48)51-37(49)32-31-20(4-10-25(41)34(31)52-33(32)21-5-9-24(40)27(43)16-21)6-11-30(44)50-28(35(45)46)15-19-3-8-23(39)26(42)13-19/h2-13,16,28-29,32-33,38-43H,14-15H2,1H3,(H,45,46)(H,47,48)/b11-6+/t28-,29-,32+,33-/m1/s1. The van der Waals surface area contributed by atoms with Crippen molar-refractivity contribution in [2.75, 3.05) is 0 Å². The second-order valence-corrected chi connectivity index (χ2v) is 11.9. The van der Waals surface area contributed by atoms with Gasteiger partial charge in [0.25, 0.3) is 0 Å². The monoisotopic (exact) mass is 716 g/mol. The Labute approximate surface area is 294 Å². The molecule has 52 heavy (non-hydrogen) atoms. The average Bonchev–Trinajstić information content (AvgIpc) is 3.50. The lowest BCUT2D eigenvalue weighted by atomic mass is 9.87. The minimum absolute atomic E-state index is 0.0206. The lowest BCUT2D eigenvalue weighted by molar-refractivity contribution is -0.166. The average molecular weight is 717 g/mol. The number of aliphatic carboxylic acids is 2. The van der Waals surface area contributed by atoms with Crippen LogP contribution in [0.3, 0.4) is 0 Å². The van der Waals surface area contributed by atoms with Crippen LogP contribution < -0.4 is 4.74 Å².